The number of likely N-dealkylation sites (N-methyl/N-ethyl adjacent to an activating group) is 1. The second kappa shape index (κ2) is 8.31. The molecule has 2 amide bonds. The molecular weight excluding hydrogens is 272 g/mol. The molecule has 0 aliphatic carbocycles. The zero-order valence-corrected chi connectivity index (χ0v) is 12.8. The van der Waals surface area contributed by atoms with Gasteiger partial charge in [-0.2, -0.15) is 0 Å². The van der Waals surface area contributed by atoms with E-state index in [1.54, 1.807) is 0 Å². The molecule has 7 nitrogen and oxygen atoms in total. The molecule has 2 aliphatic rings. The first-order chi connectivity index (χ1) is 10.2. The minimum Gasteiger partial charge on any atom is -0.378 e. The van der Waals surface area contributed by atoms with Crippen molar-refractivity contribution in [3.63, 3.8) is 0 Å². The second-order valence-electron chi connectivity index (χ2n) is 5.60. The molecule has 0 unspecified atom stereocenters. The first kappa shape index (κ1) is 16.2. The van der Waals surface area contributed by atoms with E-state index in [0.29, 0.717) is 45.8 Å². The lowest BCUT2D eigenvalue weighted by Crippen LogP contribution is -2.49. The van der Waals surface area contributed by atoms with Gasteiger partial charge < -0.3 is 24.8 Å². The van der Waals surface area contributed by atoms with Gasteiger partial charge in [-0.1, -0.05) is 0 Å². The molecule has 2 heterocycles. The fraction of sp³-hybridized carbons (Fsp3) is 0.857. The van der Waals surface area contributed by atoms with Crippen molar-refractivity contribution in [1.82, 2.24) is 20.0 Å². The van der Waals surface area contributed by atoms with Crippen LogP contribution in [0.4, 0.5) is 0 Å². The molecule has 0 aromatic carbocycles. The maximum absolute atomic E-state index is 12.0. The minimum atomic E-state index is 0.127. The van der Waals surface area contributed by atoms with Gasteiger partial charge in [0.15, 0.2) is 0 Å². The van der Waals surface area contributed by atoms with Crippen molar-refractivity contribution in [2.75, 3.05) is 72.6 Å². The van der Waals surface area contributed by atoms with E-state index in [0.717, 1.165) is 26.2 Å². The zero-order chi connectivity index (χ0) is 15.1. The molecular formula is C14H26N4O3. The number of carbonyl (C=O) groups is 2. The monoisotopic (exact) mass is 298 g/mol. The third-order valence-corrected chi connectivity index (χ3v) is 4.01. The topological polar surface area (TPSA) is 65.1 Å². The third kappa shape index (κ3) is 5.26. The lowest BCUT2D eigenvalue weighted by molar-refractivity contribution is -0.135. The fourth-order valence-corrected chi connectivity index (χ4v) is 2.53. The van der Waals surface area contributed by atoms with Crippen molar-refractivity contribution in [2.24, 2.45) is 0 Å². The summed E-state index contributed by atoms with van der Waals surface area (Å²) in [6.07, 6.45) is 0.440. The summed E-state index contributed by atoms with van der Waals surface area (Å²) < 4.78 is 5.22. The Morgan fingerprint density at radius 2 is 1.57 bits per heavy atom. The highest BCUT2D eigenvalue weighted by Gasteiger charge is 2.19. The normalized spacial score (nSPS) is 20.6. The Morgan fingerprint density at radius 1 is 0.952 bits per heavy atom. The van der Waals surface area contributed by atoms with Crippen molar-refractivity contribution in [2.45, 2.75) is 6.42 Å². The van der Waals surface area contributed by atoms with Crippen molar-refractivity contribution < 1.29 is 14.3 Å². The number of amides is 2. The number of hydrogen-bond donors (Lipinski definition) is 1. The number of carbonyl (C=O) groups excluding carboxylic acids is 2. The molecule has 2 fully saturated rings. The maximum atomic E-state index is 12.0. The van der Waals surface area contributed by atoms with E-state index >= 15 is 0 Å². The SMILES string of the molecule is CN1CCN(C(=O)CNCCC(=O)N2CCOCC2)CC1. The molecule has 0 bridgehead atoms. The van der Waals surface area contributed by atoms with Gasteiger partial charge in [0.25, 0.3) is 0 Å². The Labute approximate surface area is 126 Å². The van der Waals surface area contributed by atoms with Crippen molar-refractivity contribution >= 4 is 11.8 Å². The van der Waals surface area contributed by atoms with Crippen LogP contribution in [0.25, 0.3) is 0 Å². The summed E-state index contributed by atoms with van der Waals surface area (Å²) >= 11 is 0. The number of rotatable bonds is 5. The van der Waals surface area contributed by atoms with E-state index in [-0.39, 0.29) is 11.8 Å². The molecule has 21 heavy (non-hydrogen) atoms. The Hall–Kier alpha value is -1.18. The Kier molecular flexibility index (Phi) is 6.41. The number of piperazine rings is 1. The molecule has 0 saturated carbocycles. The lowest BCUT2D eigenvalue weighted by atomic mass is 10.3. The van der Waals surface area contributed by atoms with E-state index in [4.69, 9.17) is 4.74 Å². The first-order valence-corrected chi connectivity index (χ1v) is 7.69. The van der Waals surface area contributed by atoms with Crippen LogP contribution in [0, 0.1) is 0 Å². The molecule has 7 heteroatoms. The van der Waals surface area contributed by atoms with Crippen LogP contribution in [0.15, 0.2) is 0 Å². The Morgan fingerprint density at radius 3 is 2.24 bits per heavy atom. The highest BCUT2D eigenvalue weighted by Crippen LogP contribution is 2.00. The van der Waals surface area contributed by atoms with Gasteiger partial charge in [-0.15, -0.1) is 0 Å². The molecule has 0 atom stereocenters. The number of morpholine rings is 1. The standard InChI is InChI=1S/C14H26N4O3/c1-16-4-6-17(7-5-16)14(20)12-15-3-2-13(19)18-8-10-21-11-9-18/h15H,2-12H2,1H3. The van der Waals surface area contributed by atoms with Gasteiger partial charge in [0.2, 0.25) is 11.8 Å². The highest BCUT2D eigenvalue weighted by atomic mass is 16.5. The van der Waals surface area contributed by atoms with Gasteiger partial charge in [-0.3, -0.25) is 9.59 Å². The summed E-state index contributed by atoms with van der Waals surface area (Å²) in [7, 11) is 2.07. The second-order valence-corrected chi connectivity index (χ2v) is 5.60. The Balaban J connectivity index is 1.56. The predicted octanol–water partition coefficient (Wildman–Crippen LogP) is -1.40. The maximum Gasteiger partial charge on any atom is 0.236 e. The fourth-order valence-electron chi connectivity index (χ4n) is 2.53. The van der Waals surface area contributed by atoms with Crippen LogP contribution in [0.5, 0.6) is 0 Å². The third-order valence-electron chi connectivity index (χ3n) is 4.01. The number of hydrogen-bond acceptors (Lipinski definition) is 5. The molecule has 2 saturated heterocycles. The molecule has 2 aliphatic heterocycles. The van der Waals surface area contributed by atoms with Gasteiger partial charge in [0, 0.05) is 52.2 Å². The van der Waals surface area contributed by atoms with E-state index in [2.05, 4.69) is 17.3 Å². The van der Waals surface area contributed by atoms with Crippen molar-refractivity contribution in [3.8, 4) is 0 Å². The van der Waals surface area contributed by atoms with Gasteiger partial charge in [-0.05, 0) is 7.05 Å². The van der Waals surface area contributed by atoms with Crippen LogP contribution in [0.2, 0.25) is 0 Å². The van der Waals surface area contributed by atoms with Crippen LogP contribution in [0.3, 0.4) is 0 Å². The van der Waals surface area contributed by atoms with Crippen LogP contribution >= 0.6 is 0 Å². The van der Waals surface area contributed by atoms with Crippen LogP contribution in [-0.4, -0.2) is 99.1 Å². The largest absolute Gasteiger partial charge is 0.378 e. The van der Waals surface area contributed by atoms with E-state index in [1.165, 1.54) is 0 Å². The highest BCUT2D eigenvalue weighted by molar-refractivity contribution is 5.79. The number of nitrogens with one attached hydrogen (secondary N) is 1. The molecule has 1 N–H and O–H groups in total. The van der Waals surface area contributed by atoms with E-state index in [1.807, 2.05) is 9.80 Å². The van der Waals surface area contributed by atoms with Crippen LogP contribution in [-0.2, 0) is 14.3 Å². The summed E-state index contributed by atoms with van der Waals surface area (Å²) in [4.78, 5) is 29.8. The van der Waals surface area contributed by atoms with E-state index in [9.17, 15) is 9.59 Å². The minimum absolute atomic E-state index is 0.127. The van der Waals surface area contributed by atoms with E-state index < -0.39 is 0 Å². The number of ether oxygens (including phenoxy) is 1. The van der Waals surface area contributed by atoms with Crippen molar-refractivity contribution in [3.05, 3.63) is 0 Å². The lowest BCUT2D eigenvalue weighted by Gasteiger charge is -2.32. The van der Waals surface area contributed by atoms with Gasteiger partial charge in [0.05, 0.1) is 19.8 Å². The smallest absolute Gasteiger partial charge is 0.236 e. The molecule has 0 spiro atoms. The van der Waals surface area contributed by atoms with Crippen LogP contribution < -0.4 is 5.32 Å². The Bertz CT molecular complexity index is 350. The molecule has 120 valence electrons. The summed E-state index contributed by atoms with van der Waals surface area (Å²) in [5.74, 6) is 0.264. The van der Waals surface area contributed by atoms with Gasteiger partial charge in [-0.25, -0.2) is 0 Å². The van der Waals surface area contributed by atoms with Crippen LogP contribution in [0.1, 0.15) is 6.42 Å². The van der Waals surface area contributed by atoms with Gasteiger partial charge in [0.1, 0.15) is 0 Å². The molecule has 2 rings (SSSR count). The molecule has 0 radical (unpaired) electrons. The van der Waals surface area contributed by atoms with Crippen molar-refractivity contribution in [1.29, 1.82) is 0 Å². The number of nitrogens with zero attached hydrogens (tertiary/aromatic N) is 3. The summed E-state index contributed by atoms with van der Waals surface area (Å²) in [6, 6.07) is 0. The summed E-state index contributed by atoms with van der Waals surface area (Å²) in [5.41, 5.74) is 0. The quantitative estimate of drug-likeness (QED) is 0.633. The first-order valence-electron chi connectivity index (χ1n) is 7.69. The average molecular weight is 298 g/mol. The molecule has 0 aromatic heterocycles. The zero-order valence-electron chi connectivity index (χ0n) is 12.8. The molecule has 0 aromatic rings. The average Bonchev–Trinajstić information content (AvgIpc) is 2.52. The van der Waals surface area contributed by atoms with Gasteiger partial charge >= 0.3 is 0 Å². The predicted molar refractivity (Wildman–Crippen MR) is 79.0 cm³/mol. The summed E-state index contributed by atoms with van der Waals surface area (Å²) in [5, 5.41) is 3.08. The summed E-state index contributed by atoms with van der Waals surface area (Å²) in [6.45, 7) is 6.94.